The van der Waals surface area contributed by atoms with Crippen LogP contribution in [-0.4, -0.2) is 31.2 Å². The number of hydrogen-bond acceptors (Lipinski definition) is 3. The van der Waals surface area contributed by atoms with Crippen molar-refractivity contribution in [3.8, 4) is 0 Å². The van der Waals surface area contributed by atoms with Crippen molar-refractivity contribution in [2.24, 2.45) is 5.73 Å². The van der Waals surface area contributed by atoms with Crippen LogP contribution in [0.5, 0.6) is 0 Å². The molecule has 3 nitrogen and oxygen atoms in total. The average molecular weight is 298 g/mol. The maximum Gasteiger partial charge on any atom is 0.416 e. The summed E-state index contributed by atoms with van der Waals surface area (Å²) in [4.78, 5) is 1.00. The number of hydrogen-bond donors (Lipinski definition) is 2. The lowest BCUT2D eigenvalue weighted by Gasteiger charge is -2.25. The molecule has 0 aliphatic heterocycles. The fraction of sp³-hybridized carbons (Fsp3) is 0.500. The molecule has 0 aliphatic rings. The van der Waals surface area contributed by atoms with Crippen molar-refractivity contribution in [3.05, 3.63) is 29.3 Å². The third-order valence-corrected chi connectivity index (χ3v) is 2.71. The van der Waals surface area contributed by atoms with E-state index >= 15 is 0 Å². The third-order valence-electron chi connectivity index (χ3n) is 2.71. The molecule has 8 heteroatoms. The van der Waals surface area contributed by atoms with Crippen molar-refractivity contribution >= 4 is 5.69 Å². The topological polar surface area (TPSA) is 49.5 Å². The second-order valence-electron chi connectivity index (χ2n) is 4.10. The summed E-state index contributed by atoms with van der Waals surface area (Å²) in [5.41, 5.74) is 4.16. The Morgan fingerprint density at radius 1 is 1.25 bits per heavy atom. The van der Waals surface area contributed by atoms with Gasteiger partial charge in [0.2, 0.25) is 0 Å². The second kappa shape index (κ2) is 6.85. The van der Waals surface area contributed by atoms with E-state index in [4.69, 9.17) is 10.8 Å². The van der Waals surface area contributed by atoms with Gasteiger partial charge in [-0.1, -0.05) is 6.07 Å². The molecule has 0 unspecified atom stereocenters. The fourth-order valence-electron chi connectivity index (χ4n) is 1.82. The standard InChI is InChI=1S/C12H15F5N2O/c13-11(14)7-19(3-4-20)9-2-1-8(6-18)10(5-9)12(15,16)17/h1-2,5,11,20H,3-4,6-7,18H2. The first kappa shape index (κ1) is 16.6. The lowest BCUT2D eigenvalue weighted by atomic mass is 10.1. The fourth-order valence-corrected chi connectivity index (χ4v) is 1.82. The highest BCUT2D eigenvalue weighted by Crippen LogP contribution is 2.34. The van der Waals surface area contributed by atoms with Crippen LogP contribution in [0, 0.1) is 0 Å². The monoisotopic (exact) mass is 298 g/mol. The second-order valence-corrected chi connectivity index (χ2v) is 4.10. The first-order chi connectivity index (χ1) is 9.29. The first-order valence-electron chi connectivity index (χ1n) is 5.83. The van der Waals surface area contributed by atoms with Crippen LogP contribution >= 0.6 is 0 Å². The molecule has 0 fully saturated rings. The Morgan fingerprint density at radius 2 is 1.90 bits per heavy atom. The summed E-state index contributed by atoms with van der Waals surface area (Å²) >= 11 is 0. The minimum atomic E-state index is -4.61. The average Bonchev–Trinajstić information content (AvgIpc) is 2.36. The molecule has 1 rings (SSSR count). The third kappa shape index (κ3) is 4.31. The molecule has 0 aliphatic carbocycles. The Hall–Kier alpha value is -1.41. The van der Waals surface area contributed by atoms with Crippen molar-refractivity contribution in [1.29, 1.82) is 0 Å². The highest BCUT2D eigenvalue weighted by Gasteiger charge is 2.33. The van der Waals surface area contributed by atoms with Gasteiger partial charge in [0, 0.05) is 18.8 Å². The van der Waals surface area contributed by atoms with Crippen molar-refractivity contribution in [2.45, 2.75) is 19.1 Å². The van der Waals surface area contributed by atoms with E-state index in [0.717, 1.165) is 17.0 Å². The highest BCUT2D eigenvalue weighted by molar-refractivity contribution is 5.52. The summed E-state index contributed by atoms with van der Waals surface area (Å²) in [5.74, 6) is 0. The van der Waals surface area contributed by atoms with Crippen LogP contribution < -0.4 is 10.6 Å². The lowest BCUT2D eigenvalue weighted by Crippen LogP contribution is -2.32. The largest absolute Gasteiger partial charge is 0.416 e. The molecule has 1 aromatic rings. The highest BCUT2D eigenvalue weighted by atomic mass is 19.4. The summed E-state index contributed by atoms with van der Waals surface area (Å²) in [6, 6.07) is 3.23. The molecule has 0 spiro atoms. The van der Waals surface area contributed by atoms with Crippen molar-refractivity contribution in [1.82, 2.24) is 0 Å². The van der Waals surface area contributed by atoms with Gasteiger partial charge < -0.3 is 15.7 Å². The van der Waals surface area contributed by atoms with Crippen molar-refractivity contribution in [3.63, 3.8) is 0 Å². The van der Waals surface area contributed by atoms with Crippen LogP contribution in [0.15, 0.2) is 18.2 Å². The minimum Gasteiger partial charge on any atom is -0.395 e. The Kier molecular flexibility index (Phi) is 5.70. The maximum absolute atomic E-state index is 12.9. The molecule has 0 saturated carbocycles. The van der Waals surface area contributed by atoms with Gasteiger partial charge in [0.05, 0.1) is 18.7 Å². The van der Waals surface area contributed by atoms with Crippen LogP contribution in [0.3, 0.4) is 0 Å². The van der Waals surface area contributed by atoms with Gasteiger partial charge in [0.15, 0.2) is 0 Å². The van der Waals surface area contributed by atoms with Gasteiger partial charge in [-0.05, 0) is 17.7 Å². The van der Waals surface area contributed by atoms with E-state index in [1.54, 1.807) is 0 Å². The molecule has 20 heavy (non-hydrogen) atoms. The molecule has 0 amide bonds. The van der Waals surface area contributed by atoms with Gasteiger partial charge in [-0.25, -0.2) is 8.78 Å². The van der Waals surface area contributed by atoms with Gasteiger partial charge in [0.1, 0.15) is 0 Å². The predicted molar refractivity (Wildman–Crippen MR) is 64.6 cm³/mol. The summed E-state index contributed by atoms with van der Waals surface area (Å²) in [7, 11) is 0. The quantitative estimate of drug-likeness (QED) is 0.792. The number of aliphatic hydroxyl groups excluding tert-OH is 1. The zero-order valence-electron chi connectivity index (χ0n) is 10.5. The molecule has 0 heterocycles. The minimum absolute atomic E-state index is 0.0242. The summed E-state index contributed by atoms with van der Waals surface area (Å²) in [5, 5.41) is 8.81. The number of alkyl halides is 5. The molecule has 0 atom stereocenters. The zero-order valence-corrected chi connectivity index (χ0v) is 10.5. The lowest BCUT2D eigenvalue weighted by molar-refractivity contribution is -0.138. The van der Waals surface area contributed by atoms with Crippen molar-refractivity contribution < 1.29 is 27.1 Å². The number of anilines is 1. The molecule has 114 valence electrons. The number of halogens is 5. The summed E-state index contributed by atoms with van der Waals surface area (Å²) < 4.78 is 63.4. The molecule has 0 bridgehead atoms. The summed E-state index contributed by atoms with van der Waals surface area (Å²) in [6.07, 6.45) is -7.33. The molecular weight excluding hydrogens is 283 g/mol. The van der Waals surface area contributed by atoms with E-state index in [9.17, 15) is 22.0 Å². The van der Waals surface area contributed by atoms with Crippen LogP contribution in [0.2, 0.25) is 0 Å². The SMILES string of the molecule is NCc1ccc(N(CCO)CC(F)F)cc1C(F)(F)F. The molecule has 0 saturated heterocycles. The van der Waals surface area contributed by atoms with Crippen LogP contribution in [0.4, 0.5) is 27.6 Å². The van der Waals surface area contributed by atoms with Gasteiger partial charge in [-0.3, -0.25) is 0 Å². The van der Waals surface area contributed by atoms with E-state index in [2.05, 4.69) is 0 Å². The normalized spacial score (nSPS) is 12.0. The zero-order chi connectivity index (χ0) is 15.3. The Labute approximate surface area is 112 Å². The Morgan fingerprint density at radius 3 is 2.35 bits per heavy atom. The number of rotatable bonds is 6. The molecule has 0 aromatic heterocycles. The van der Waals surface area contributed by atoms with Crippen LogP contribution in [0.1, 0.15) is 11.1 Å². The van der Waals surface area contributed by atoms with Gasteiger partial charge in [0.25, 0.3) is 6.43 Å². The van der Waals surface area contributed by atoms with E-state index in [1.807, 2.05) is 0 Å². The maximum atomic E-state index is 12.9. The molecular formula is C12H15F5N2O. The number of nitrogens with zero attached hydrogens (tertiary/aromatic N) is 1. The van der Waals surface area contributed by atoms with Crippen LogP contribution in [-0.2, 0) is 12.7 Å². The predicted octanol–water partition coefficient (Wildman–Crippen LogP) is 2.23. The van der Waals surface area contributed by atoms with E-state index in [0.29, 0.717) is 0 Å². The first-order valence-corrected chi connectivity index (χ1v) is 5.83. The van der Waals surface area contributed by atoms with Gasteiger partial charge in [-0.15, -0.1) is 0 Å². The molecule has 0 radical (unpaired) electrons. The van der Waals surface area contributed by atoms with E-state index in [-0.39, 0.29) is 24.3 Å². The van der Waals surface area contributed by atoms with Gasteiger partial charge in [-0.2, -0.15) is 13.2 Å². The number of aliphatic hydroxyl groups is 1. The van der Waals surface area contributed by atoms with Gasteiger partial charge >= 0.3 is 6.18 Å². The van der Waals surface area contributed by atoms with Crippen molar-refractivity contribution in [2.75, 3.05) is 24.6 Å². The molecule has 1 aromatic carbocycles. The van der Waals surface area contributed by atoms with E-state index < -0.39 is 31.3 Å². The number of nitrogens with two attached hydrogens (primary N) is 1. The van der Waals surface area contributed by atoms with E-state index in [1.165, 1.54) is 6.07 Å². The molecule has 3 N–H and O–H groups in total. The summed E-state index contributed by atoms with van der Waals surface area (Å²) in [6.45, 7) is -1.67. The van der Waals surface area contributed by atoms with Crippen LogP contribution in [0.25, 0.3) is 0 Å². The number of benzene rings is 1. The Balaban J connectivity index is 3.17. The Bertz CT molecular complexity index is 436. The smallest absolute Gasteiger partial charge is 0.395 e.